The van der Waals surface area contributed by atoms with Crippen LogP contribution in [0.2, 0.25) is 0 Å². The minimum absolute atomic E-state index is 0.378. The summed E-state index contributed by atoms with van der Waals surface area (Å²) < 4.78 is 5.60. The van der Waals surface area contributed by atoms with Crippen LogP contribution in [0.1, 0.15) is 19.3 Å². The maximum Gasteiger partial charge on any atom is 0.189 e. The molecule has 18 heavy (non-hydrogen) atoms. The summed E-state index contributed by atoms with van der Waals surface area (Å²) in [5.74, 6) is 1.07. The molecule has 2 fully saturated rings. The molecule has 2 aliphatic heterocycles. The Labute approximate surface area is 112 Å². The molecule has 0 aromatic carbocycles. The first-order valence-electron chi connectivity index (χ1n) is 6.51. The van der Waals surface area contributed by atoms with Crippen molar-refractivity contribution in [1.29, 1.82) is 0 Å². The molecular formula is C13H19N3OS. The number of thioether (sulfide) groups is 1. The quantitative estimate of drug-likeness (QED) is 0.605. The Morgan fingerprint density at radius 1 is 1.44 bits per heavy atom. The van der Waals surface area contributed by atoms with Gasteiger partial charge in [0.15, 0.2) is 5.16 Å². The third kappa shape index (κ3) is 2.34. The fourth-order valence-corrected chi connectivity index (χ4v) is 3.33. The second-order valence-corrected chi connectivity index (χ2v) is 6.00. The van der Waals surface area contributed by atoms with E-state index in [0.29, 0.717) is 5.41 Å². The molecule has 2 aliphatic rings. The monoisotopic (exact) mass is 265 g/mol. The Balaban J connectivity index is 1.78. The van der Waals surface area contributed by atoms with Crippen molar-refractivity contribution in [3.8, 4) is 0 Å². The highest BCUT2D eigenvalue weighted by Crippen LogP contribution is 2.38. The summed E-state index contributed by atoms with van der Waals surface area (Å²) in [6.07, 6.45) is 7.61. The van der Waals surface area contributed by atoms with Crippen molar-refractivity contribution in [3.05, 3.63) is 12.3 Å². The number of hydrogen-bond donors (Lipinski definition) is 0. The van der Waals surface area contributed by atoms with Gasteiger partial charge >= 0.3 is 0 Å². The summed E-state index contributed by atoms with van der Waals surface area (Å²) in [6, 6.07) is 2.02. The summed E-state index contributed by atoms with van der Waals surface area (Å²) in [5, 5.41) is 0.856. The van der Waals surface area contributed by atoms with E-state index in [1.54, 1.807) is 11.8 Å². The average Bonchev–Trinajstić information content (AvgIpc) is 2.87. The number of rotatable bonds is 2. The molecule has 0 saturated carbocycles. The molecule has 3 heterocycles. The van der Waals surface area contributed by atoms with Crippen LogP contribution in [0.25, 0.3) is 0 Å². The van der Waals surface area contributed by atoms with Crippen LogP contribution in [0.15, 0.2) is 17.4 Å². The van der Waals surface area contributed by atoms with Gasteiger partial charge in [0.25, 0.3) is 0 Å². The van der Waals surface area contributed by atoms with Crippen LogP contribution in [0.4, 0.5) is 5.82 Å². The van der Waals surface area contributed by atoms with Gasteiger partial charge in [-0.15, -0.1) is 0 Å². The smallest absolute Gasteiger partial charge is 0.189 e. The molecule has 0 N–H and O–H groups in total. The van der Waals surface area contributed by atoms with E-state index in [-0.39, 0.29) is 0 Å². The van der Waals surface area contributed by atoms with Gasteiger partial charge < -0.3 is 9.64 Å². The molecule has 1 aromatic heterocycles. The van der Waals surface area contributed by atoms with Gasteiger partial charge in [-0.25, -0.2) is 9.97 Å². The number of anilines is 1. The number of ether oxygens (including phenoxy) is 1. The zero-order valence-corrected chi connectivity index (χ0v) is 11.6. The number of nitrogens with zero attached hydrogens (tertiary/aromatic N) is 3. The van der Waals surface area contributed by atoms with Gasteiger partial charge in [-0.05, 0) is 31.6 Å². The summed E-state index contributed by atoms with van der Waals surface area (Å²) in [4.78, 5) is 11.3. The Morgan fingerprint density at radius 3 is 3.17 bits per heavy atom. The molecule has 1 aromatic rings. The molecule has 0 radical (unpaired) electrons. The van der Waals surface area contributed by atoms with Gasteiger partial charge in [0, 0.05) is 31.3 Å². The van der Waals surface area contributed by atoms with Gasteiger partial charge in [0.05, 0.1) is 6.61 Å². The zero-order valence-electron chi connectivity index (χ0n) is 10.8. The van der Waals surface area contributed by atoms with Gasteiger partial charge in [0.2, 0.25) is 0 Å². The maximum absolute atomic E-state index is 5.60. The molecule has 5 heteroatoms. The lowest BCUT2D eigenvalue weighted by molar-refractivity contribution is 0.139. The Kier molecular flexibility index (Phi) is 3.43. The second kappa shape index (κ2) is 5.05. The fourth-order valence-electron chi connectivity index (χ4n) is 2.98. The lowest BCUT2D eigenvalue weighted by atomic mass is 9.79. The molecule has 2 saturated heterocycles. The summed E-state index contributed by atoms with van der Waals surface area (Å²) in [5.41, 5.74) is 0.378. The van der Waals surface area contributed by atoms with Gasteiger partial charge in [0.1, 0.15) is 5.82 Å². The van der Waals surface area contributed by atoms with Crippen molar-refractivity contribution in [2.75, 3.05) is 37.5 Å². The molecular weight excluding hydrogens is 246 g/mol. The van der Waals surface area contributed by atoms with Crippen LogP contribution in [0.5, 0.6) is 0 Å². The minimum Gasteiger partial charge on any atom is -0.381 e. The number of aromatic nitrogens is 2. The highest BCUT2D eigenvalue weighted by molar-refractivity contribution is 7.98. The maximum atomic E-state index is 5.60. The van der Waals surface area contributed by atoms with Crippen molar-refractivity contribution in [3.63, 3.8) is 0 Å². The zero-order chi connectivity index (χ0) is 12.4. The third-order valence-electron chi connectivity index (χ3n) is 3.97. The Hall–Kier alpha value is -0.810. The standard InChI is InChI=1S/C13H19N3OS/c1-18-12-14-6-3-11(15-12)16-7-2-4-13(9-16)5-8-17-10-13/h3,6H,2,4-5,7-10H2,1H3/t13-/m1/s1. The SMILES string of the molecule is CSc1nccc(N2CCC[C@@]3(CCOC3)C2)n1. The van der Waals surface area contributed by atoms with E-state index >= 15 is 0 Å². The Morgan fingerprint density at radius 2 is 2.39 bits per heavy atom. The van der Waals surface area contributed by atoms with E-state index in [2.05, 4.69) is 14.9 Å². The highest BCUT2D eigenvalue weighted by atomic mass is 32.2. The van der Waals surface area contributed by atoms with E-state index in [9.17, 15) is 0 Å². The van der Waals surface area contributed by atoms with Crippen molar-refractivity contribution in [2.24, 2.45) is 5.41 Å². The molecule has 1 spiro atoms. The molecule has 0 unspecified atom stereocenters. The van der Waals surface area contributed by atoms with Crippen molar-refractivity contribution >= 4 is 17.6 Å². The summed E-state index contributed by atoms with van der Waals surface area (Å²) in [7, 11) is 0. The molecule has 0 amide bonds. The third-order valence-corrected chi connectivity index (χ3v) is 4.53. The highest BCUT2D eigenvalue weighted by Gasteiger charge is 2.39. The molecule has 3 rings (SSSR count). The normalized spacial score (nSPS) is 27.9. The first-order valence-corrected chi connectivity index (χ1v) is 7.74. The minimum atomic E-state index is 0.378. The predicted molar refractivity (Wildman–Crippen MR) is 73.1 cm³/mol. The molecule has 0 aliphatic carbocycles. The summed E-state index contributed by atoms with van der Waals surface area (Å²) in [6.45, 7) is 4.03. The molecule has 98 valence electrons. The Bertz CT molecular complexity index is 420. The topological polar surface area (TPSA) is 38.2 Å². The fraction of sp³-hybridized carbons (Fsp3) is 0.692. The molecule has 1 atom stereocenters. The number of piperidine rings is 1. The average molecular weight is 265 g/mol. The van der Waals surface area contributed by atoms with Crippen LogP contribution in [-0.4, -0.2) is 42.5 Å². The van der Waals surface area contributed by atoms with Gasteiger partial charge in [-0.1, -0.05) is 11.8 Å². The van der Waals surface area contributed by atoms with Gasteiger partial charge in [-0.3, -0.25) is 0 Å². The lowest BCUT2D eigenvalue weighted by Crippen LogP contribution is -2.44. The van der Waals surface area contributed by atoms with Crippen molar-refractivity contribution < 1.29 is 4.74 Å². The lowest BCUT2D eigenvalue weighted by Gasteiger charge is -2.40. The van der Waals surface area contributed by atoms with E-state index in [4.69, 9.17) is 4.74 Å². The van der Waals surface area contributed by atoms with Crippen molar-refractivity contribution in [2.45, 2.75) is 24.4 Å². The van der Waals surface area contributed by atoms with Crippen molar-refractivity contribution in [1.82, 2.24) is 9.97 Å². The summed E-state index contributed by atoms with van der Waals surface area (Å²) >= 11 is 1.60. The van der Waals surface area contributed by atoms with E-state index in [1.807, 2.05) is 18.5 Å². The molecule has 4 nitrogen and oxygen atoms in total. The van der Waals surface area contributed by atoms with Crippen LogP contribution in [-0.2, 0) is 4.74 Å². The van der Waals surface area contributed by atoms with Crippen LogP contribution in [0, 0.1) is 5.41 Å². The molecule has 0 bridgehead atoms. The van der Waals surface area contributed by atoms with Crippen LogP contribution < -0.4 is 4.90 Å². The van der Waals surface area contributed by atoms with E-state index in [0.717, 1.165) is 37.3 Å². The van der Waals surface area contributed by atoms with E-state index in [1.165, 1.54) is 19.3 Å². The number of hydrogen-bond acceptors (Lipinski definition) is 5. The largest absolute Gasteiger partial charge is 0.381 e. The first-order chi connectivity index (χ1) is 8.81. The van der Waals surface area contributed by atoms with E-state index < -0.39 is 0 Å². The van der Waals surface area contributed by atoms with Gasteiger partial charge in [-0.2, -0.15) is 0 Å². The predicted octanol–water partition coefficient (Wildman–Crippen LogP) is 2.21. The second-order valence-electron chi connectivity index (χ2n) is 5.23. The van der Waals surface area contributed by atoms with Crippen LogP contribution in [0.3, 0.4) is 0 Å². The first kappa shape index (κ1) is 12.2. The van der Waals surface area contributed by atoms with Crippen LogP contribution >= 0.6 is 11.8 Å².